The zero-order valence-corrected chi connectivity index (χ0v) is 7.87. The molecule has 0 spiro atoms. The number of nitrogens with zero attached hydrogens (tertiary/aromatic N) is 2. The maximum atomic E-state index is 11.4. The van der Waals surface area contributed by atoms with Crippen molar-refractivity contribution in [3.8, 4) is 6.07 Å². The summed E-state index contributed by atoms with van der Waals surface area (Å²) in [6, 6.07) is 4.64. The number of nitriles is 1. The number of hydrogen-bond acceptors (Lipinski definition) is 4. The van der Waals surface area contributed by atoms with Gasteiger partial charge in [-0.1, -0.05) is 6.92 Å². The third-order valence-electron chi connectivity index (χ3n) is 1.59. The van der Waals surface area contributed by atoms with E-state index in [1.165, 1.54) is 25.3 Å². The fourth-order valence-corrected chi connectivity index (χ4v) is 1.87. The lowest BCUT2D eigenvalue weighted by atomic mass is 10.4. The lowest BCUT2D eigenvalue weighted by Gasteiger charge is -2.00. The number of rotatable bonds is 2. The van der Waals surface area contributed by atoms with E-state index in [-0.39, 0.29) is 16.3 Å². The molecule has 0 amide bonds. The van der Waals surface area contributed by atoms with Crippen molar-refractivity contribution in [1.29, 1.82) is 5.26 Å². The van der Waals surface area contributed by atoms with E-state index >= 15 is 0 Å². The predicted octanol–water partition coefficient (Wildman–Crippen LogP) is 0.747. The lowest BCUT2D eigenvalue weighted by Crippen LogP contribution is -2.06. The van der Waals surface area contributed by atoms with E-state index in [1.54, 1.807) is 6.07 Å². The molecule has 0 fully saturated rings. The van der Waals surface area contributed by atoms with E-state index in [9.17, 15) is 8.42 Å². The first kappa shape index (κ1) is 9.68. The highest BCUT2D eigenvalue weighted by atomic mass is 32.2. The molecule has 0 unspecified atom stereocenters. The van der Waals surface area contributed by atoms with Gasteiger partial charge in [-0.15, -0.1) is 0 Å². The minimum Gasteiger partial charge on any atom is -0.244 e. The van der Waals surface area contributed by atoms with Gasteiger partial charge in [0.1, 0.15) is 11.0 Å². The minimum atomic E-state index is -3.33. The summed E-state index contributed by atoms with van der Waals surface area (Å²) in [6.45, 7) is 1.53. The number of sulfone groups is 1. The molecule has 0 radical (unpaired) electrons. The Labute approximate surface area is 76.8 Å². The minimum absolute atomic E-state index is 0.0139. The molecule has 0 bridgehead atoms. The van der Waals surface area contributed by atoms with Crippen LogP contribution in [0.4, 0.5) is 0 Å². The van der Waals surface area contributed by atoms with Crippen molar-refractivity contribution in [2.45, 2.75) is 11.8 Å². The lowest BCUT2D eigenvalue weighted by molar-refractivity contribution is 0.596. The van der Waals surface area contributed by atoms with Gasteiger partial charge in [0.2, 0.25) is 0 Å². The Balaban J connectivity index is 3.40. The predicted molar refractivity (Wildman–Crippen MR) is 46.7 cm³/mol. The van der Waals surface area contributed by atoms with Crippen LogP contribution < -0.4 is 0 Å². The van der Waals surface area contributed by atoms with Crippen molar-refractivity contribution in [2.75, 3.05) is 5.75 Å². The zero-order valence-electron chi connectivity index (χ0n) is 7.06. The highest BCUT2D eigenvalue weighted by Crippen LogP contribution is 2.13. The molecule has 68 valence electrons. The summed E-state index contributed by atoms with van der Waals surface area (Å²) in [5.74, 6) is -0.0205. The van der Waals surface area contributed by atoms with Gasteiger partial charge in [0.05, 0.1) is 5.75 Å². The number of pyridine rings is 1. The average Bonchev–Trinajstić information content (AvgIpc) is 2.18. The van der Waals surface area contributed by atoms with E-state index in [1.807, 2.05) is 0 Å². The van der Waals surface area contributed by atoms with Crippen molar-refractivity contribution in [3.63, 3.8) is 0 Å². The van der Waals surface area contributed by atoms with Crippen LogP contribution in [0, 0.1) is 11.3 Å². The normalized spacial score (nSPS) is 10.8. The molecule has 13 heavy (non-hydrogen) atoms. The summed E-state index contributed by atoms with van der Waals surface area (Å²) in [4.78, 5) is 3.69. The molecular weight excluding hydrogens is 188 g/mol. The quantitative estimate of drug-likeness (QED) is 0.699. The van der Waals surface area contributed by atoms with Gasteiger partial charge < -0.3 is 0 Å². The van der Waals surface area contributed by atoms with Gasteiger partial charge in [0.15, 0.2) is 15.5 Å². The Morgan fingerprint density at radius 1 is 1.62 bits per heavy atom. The van der Waals surface area contributed by atoms with Crippen LogP contribution in [0.5, 0.6) is 0 Å². The smallest absolute Gasteiger partial charge is 0.180 e. The van der Waals surface area contributed by atoms with Crippen LogP contribution in [0.25, 0.3) is 0 Å². The molecule has 0 aromatic carbocycles. The van der Waals surface area contributed by atoms with Crippen LogP contribution in [-0.2, 0) is 9.84 Å². The molecule has 0 saturated heterocycles. The first-order chi connectivity index (χ1) is 6.11. The molecular formula is C8H8N2O2S. The van der Waals surface area contributed by atoms with Crippen LogP contribution in [0.3, 0.4) is 0 Å². The van der Waals surface area contributed by atoms with Crippen LogP contribution in [0.15, 0.2) is 23.2 Å². The molecule has 1 aromatic rings. The maximum absolute atomic E-state index is 11.4. The topological polar surface area (TPSA) is 70.8 Å². The Morgan fingerprint density at radius 3 is 2.85 bits per heavy atom. The molecule has 4 nitrogen and oxygen atoms in total. The molecule has 5 heteroatoms. The van der Waals surface area contributed by atoms with Crippen molar-refractivity contribution >= 4 is 9.84 Å². The van der Waals surface area contributed by atoms with Crippen LogP contribution in [0.1, 0.15) is 12.6 Å². The second kappa shape index (κ2) is 3.54. The second-order valence-electron chi connectivity index (χ2n) is 2.37. The summed E-state index contributed by atoms with van der Waals surface area (Å²) >= 11 is 0. The van der Waals surface area contributed by atoms with Gasteiger partial charge in [-0.3, -0.25) is 0 Å². The zero-order chi connectivity index (χ0) is 9.90. The monoisotopic (exact) mass is 196 g/mol. The van der Waals surface area contributed by atoms with Crippen molar-refractivity contribution in [1.82, 2.24) is 4.98 Å². The summed E-state index contributed by atoms with van der Waals surface area (Å²) in [5, 5.41) is 8.60. The van der Waals surface area contributed by atoms with Crippen molar-refractivity contribution < 1.29 is 8.42 Å². The molecule has 0 saturated carbocycles. The standard InChI is InChI=1S/C8H8N2O2S/c1-2-13(11,12)8-4-3-5-10-7(8)6-9/h3-5H,2H2,1H3. The maximum Gasteiger partial charge on any atom is 0.180 e. The first-order valence-corrected chi connectivity index (χ1v) is 5.35. The fourth-order valence-electron chi connectivity index (χ4n) is 0.881. The number of aromatic nitrogens is 1. The Kier molecular flexibility index (Phi) is 2.63. The highest BCUT2D eigenvalue weighted by Gasteiger charge is 2.16. The highest BCUT2D eigenvalue weighted by molar-refractivity contribution is 7.91. The Morgan fingerprint density at radius 2 is 2.31 bits per heavy atom. The Hall–Kier alpha value is -1.41. The molecule has 0 aliphatic heterocycles. The van der Waals surface area contributed by atoms with E-state index < -0.39 is 9.84 Å². The van der Waals surface area contributed by atoms with Gasteiger partial charge >= 0.3 is 0 Å². The van der Waals surface area contributed by atoms with Gasteiger partial charge in [0.25, 0.3) is 0 Å². The Bertz CT molecular complexity index is 445. The van der Waals surface area contributed by atoms with Gasteiger partial charge in [-0.2, -0.15) is 5.26 Å². The van der Waals surface area contributed by atoms with Crippen LogP contribution >= 0.6 is 0 Å². The summed E-state index contributed by atoms with van der Waals surface area (Å²) < 4.78 is 22.8. The fraction of sp³-hybridized carbons (Fsp3) is 0.250. The van der Waals surface area contributed by atoms with Gasteiger partial charge in [-0.25, -0.2) is 13.4 Å². The summed E-state index contributed by atoms with van der Waals surface area (Å²) in [6.07, 6.45) is 1.40. The first-order valence-electron chi connectivity index (χ1n) is 3.69. The molecule has 0 aliphatic rings. The van der Waals surface area contributed by atoms with E-state index in [0.29, 0.717) is 0 Å². The molecule has 0 atom stereocenters. The van der Waals surface area contributed by atoms with E-state index in [4.69, 9.17) is 5.26 Å². The van der Waals surface area contributed by atoms with E-state index in [0.717, 1.165) is 0 Å². The molecule has 1 aromatic heterocycles. The SMILES string of the molecule is CCS(=O)(=O)c1cccnc1C#N. The molecule has 0 N–H and O–H groups in total. The summed E-state index contributed by atoms with van der Waals surface area (Å²) in [5.41, 5.74) is -0.0376. The van der Waals surface area contributed by atoms with Crippen LogP contribution in [0.2, 0.25) is 0 Å². The van der Waals surface area contributed by atoms with Crippen molar-refractivity contribution in [3.05, 3.63) is 24.0 Å². The van der Waals surface area contributed by atoms with Gasteiger partial charge in [0, 0.05) is 6.20 Å². The average molecular weight is 196 g/mol. The van der Waals surface area contributed by atoms with Crippen LogP contribution in [-0.4, -0.2) is 19.2 Å². The van der Waals surface area contributed by atoms with E-state index in [2.05, 4.69) is 4.98 Å². The molecule has 1 rings (SSSR count). The van der Waals surface area contributed by atoms with Crippen molar-refractivity contribution in [2.24, 2.45) is 0 Å². The number of hydrogen-bond donors (Lipinski definition) is 0. The summed E-state index contributed by atoms with van der Waals surface area (Å²) in [7, 11) is -3.33. The third-order valence-corrected chi connectivity index (χ3v) is 3.35. The molecule has 0 aliphatic carbocycles. The molecule has 1 heterocycles. The van der Waals surface area contributed by atoms with Gasteiger partial charge in [-0.05, 0) is 12.1 Å². The largest absolute Gasteiger partial charge is 0.244 e. The third kappa shape index (κ3) is 1.84. The second-order valence-corrected chi connectivity index (χ2v) is 4.61.